The molecule has 0 nitrogen and oxygen atoms in total. The Kier molecular flexibility index (Phi) is 10.2. The Labute approximate surface area is 79.2 Å². The van der Waals surface area contributed by atoms with E-state index in [1.54, 1.807) is 0 Å². The SMILES string of the molecule is [C-]1=CC=CC1.[I][Ru][I]. The van der Waals surface area contributed by atoms with Crippen LogP contribution >= 0.6 is 39.5 Å². The van der Waals surface area contributed by atoms with Crippen molar-refractivity contribution in [3.05, 3.63) is 24.3 Å². The van der Waals surface area contributed by atoms with Gasteiger partial charge in [0.2, 0.25) is 0 Å². The molecule has 0 bridgehead atoms. The molecular weight excluding hydrogens is 415 g/mol. The Morgan fingerprint density at radius 1 is 1.50 bits per heavy atom. The monoisotopic (exact) mass is 421 g/mol. The minimum atomic E-state index is 0.650. The van der Waals surface area contributed by atoms with Crippen LogP contribution in [-0.4, -0.2) is 0 Å². The van der Waals surface area contributed by atoms with E-state index in [9.17, 15) is 0 Å². The zero-order valence-corrected chi connectivity index (χ0v) is 10.1. The molecular formula is C5H5I2Ru-. The van der Waals surface area contributed by atoms with Crippen LogP contribution in [0.4, 0.5) is 0 Å². The second kappa shape index (κ2) is 8.56. The summed E-state index contributed by atoms with van der Waals surface area (Å²) in [5, 5.41) is 0. The maximum atomic E-state index is 2.99. The zero-order chi connectivity index (χ0) is 6.24. The molecule has 0 N–H and O–H groups in total. The van der Waals surface area contributed by atoms with E-state index in [4.69, 9.17) is 0 Å². The summed E-state index contributed by atoms with van der Waals surface area (Å²) in [5.74, 6) is 0. The van der Waals surface area contributed by atoms with Crippen molar-refractivity contribution in [1.82, 2.24) is 0 Å². The van der Waals surface area contributed by atoms with Crippen molar-refractivity contribution in [1.29, 1.82) is 0 Å². The summed E-state index contributed by atoms with van der Waals surface area (Å²) < 4.78 is 0. The molecule has 48 valence electrons. The van der Waals surface area contributed by atoms with E-state index < -0.39 is 0 Å². The molecule has 1 rings (SSSR count). The molecule has 1 aliphatic carbocycles. The van der Waals surface area contributed by atoms with E-state index >= 15 is 0 Å². The summed E-state index contributed by atoms with van der Waals surface area (Å²) in [7, 11) is 0.650. The Hall–Kier alpha value is 1.56. The van der Waals surface area contributed by atoms with Gasteiger partial charge in [0.05, 0.1) is 0 Å². The van der Waals surface area contributed by atoms with Crippen molar-refractivity contribution in [3.63, 3.8) is 0 Å². The van der Waals surface area contributed by atoms with Gasteiger partial charge in [0, 0.05) is 0 Å². The Bertz CT molecular complexity index is 78.4. The molecule has 0 heterocycles. The van der Waals surface area contributed by atoms with Crippen LogP contribution in [0.2, 0.25) is 0 Å². The fraction of sp³-hybridized carbons (Fsp3) is 0.200. The average molecular weight is 420 g/mol. The Balaban J connectivity index is 0.000000145. The van der Waals surface area contributed by atoms with E-state index in [2.05, 4.69) is 51.7 Å². The topological polar surface area (TPSA) is 0 Å². The molecule has 0 aromatic rings. The molecule has 1 aliphatic rings. The number of rotatable bonds is 0. The molecule has 8 heavy (non-hydrogen) atoms. The summed E-state index contributed by atoms with van der Waals surface area (Å²) in [5.41, 5.74) is 0. The molecule has 0 aliphatic heterocycles. The Morgan fingerprint density at radius 2 is 2.12 bits per heavy atom. The summed E-state index contributed by atoms with van der Waals surface area (Å²) in [6.45, 7) is 0. The molecule has 0 fully saturated rings. The molecule has 0 aromatic heterocycles. The quantitative estimate of drug-likeness (QED) is 0.321. The molecule has 0 saturated carbocycles. The van der Waals surface area contributed by atoms with E-state index in [1.807, 2.05) is 12.2 Å². The summed E-state index contributed by atoms with van der Waals surface area (Å²) in [6, 6.07) is 0. The number of hydrogen-bond acceptors (Lipinski definition) is 0. The van der Waals surface area contributed by atoms with Gasteiger partial charge in [-0.25, -0.2) is 12.2 Å². The summed E-state index contributed by atoms with van der Waals surface area (Å²) >= 11 is 4.73. The van der Waals surface area contributed by atoms with Crippen LogP contribution in [0.3, 0.4) is 0 Å². The molecule has 0 spiro atoms. The van der Waals surface area contributed by atoms with Gasteiger partial charge in [-0.1, -0.05) is 0 Å². The molecule has 0 atom stereocenters. The van der Waals surface area contributed by atoms with Gasteiger partial charge in [-0.2, -0.15) is 6.08 Å². The molecule has 0 amide bonds. The molecule has 0 aromatic carbocycles. The first-order chi connectivity index (χ1) is 3.91. The third-order valence-corrected chi connectivity index (χ3v) is 0.586. The first-order valence-electron chi connectivity index (χ1n) is 1.98. The summed E-state index contributed by atoms with van der Waals surface area (Å²) in [6.07, 6.45) is 10.0. The fourth-order valence-electron chi connectivity index (χ4n) is 0.340. The van der Waals surface area contributed by atoms with Gasteiger partial charge in [-0.3, -0.25) is 6.08 Å². The average Bonchev–Trinajstić information content (AvgIpc) is 2.17. The van der Waals surface area contributed by atoms with Gasteiger partial charge in [0.25, 0.3) is 0 Å². The van der Waals surface area contributed by atoms with Gasteiger partial charge < -0.3 is 0 Å². The molecule has 3 heteroatoms. The number of hydrogen-bond donors (Lipinski definition) is 0. The van der Waals surface area contributed by atoms with Crippen molar-refractivity contribution in [2.75, 3.05) is 0 Å². The minimum absolute atomic E-state index is 0.650. The number of halogens is 2. The maximum absolute atomic E-state index is 2.99. The Morgan fingerprint density at radius 3 is 2.25 bits per heavy atom. The van der Waals surface area contributed by atoms with Crippen molar-refractivity contribution in [2.45, 2.75) is 6.42 Å². The first kappa shape index (κ1) is 9.56. The number of allylic oxidation sites excluding steroid dienone is 4. The molecule has 0 saturated heterocycles. The van der Waals surface area contributed by atoms with Crippen molar-refractivity contribution in [2.24, 2.45) is 0 Å². The van der Waals surface area contributed by atoms with Gasteiger partial charge >= 0.3 is 49.6 Å². The van der Waals surface area contributed by atoms with Crippen LogP contribution in [0.1, 0.15) is 6.42 Å². The van der Waals surface area contributed by atoms with Crippen LogP contribution < -0.4 is 0 Å². The predicted octanol–water partition coefficient (Wildman–Crippen LogP) is 3.07. The van der Waals surface area contributed by atoms with Crippen LogP contribution in [0.5, 0.6) is 0 Å². The van der Waals surface area contributed by atoms with E-state index in [0.717, 1.165) is 6.42 Å². The van der Waals surface area contributed by atoms with Crippen LogP contribution in [0, 0.1) is 6.08 Å². The second-order valence-electron chi connectivity index (χ2n) is 1.05. The first-order valence-corrected chi connectivity index (χ1v) is 12.3. The van der Waals surface area contributed by atoms with Gasteiger partial charge in [0.1, 0.15) is 0 Å². The van der Waals surface area contributed by atoms with Crippen molar-refractivity contribution >= 4 is 39.5 Å². The second-order valence-corrected chi connectivity index (χ2v) is 14.4. The standard InChI is InChI=1S/C5H5.2HI.Ru/c1-2-4-5-3-1;;;/h1-3H,4H2;2*1H;/q-1;;;+2/p-2. The van der Waals surface area contributed by atoms with Gasteiger partial charge in [-0.15, -0.1) is 6.42 Å². The summed E-state index contributed by atoms with van der Waals surface area (Å²) in [4.78, 5) is 0. The van der Waals surface area contributed by atoms with Crippen molar-refractivity contribution in [3.8, 4) is 0 Å². The van der Waals surface area contributed by atoms with E-state index in [1.165, 1.54) is 0 Å². The third-order valence-electron chi connectivity index (χ3n) is 0.586. The van der Waals surface area contributed by atoms with Gasteiger partial charge in [-0.05, 0) is 0 Å². The molecule has 0 unspecified atom stereocenters. The fourth-order valence-corrected chi connectivity index (χ4v) is 0.340. The predicted molar refractivity (Wildman–Crippen MR) is 49.6 cm³/mol. The zero-order valence-electron chi connectivity index (χ0n) is 4.05. The van der Waals surface area contributed by atoms with Gasteiger partial charge in [0.15, 0.2) is 0 Å². The van der Waals surface area contributed by atoms with Crippen LogP contribution in [-0.2, 0) is 10.1 Å². The molecule has 0 radical (unpaired) electrons. The van der Waals surface area contributed by atoms with Crippen molar-refractivity contribution < 1.29 is 10.1 Å². The van der Waals surface area contributed by atoms with E-state index in [0.29, 0.717) is 10.1 Å². The van der Waals surface area contributed by atoms with Crippen LogP contribution in [0.15, 0.2) is 18.2 Å². The third kappa shape index (κ3) is 7.56. The van der Waals surface area contributed by atoms with Crippen LogP contribution in [0.25, 0.3) is 0 Å². The normalized spacial score (nSPS) is 13.8. The van der Waals surface area contributed by atoms with E-state index in [-0.39, 0.29) is 0 Å².